The molecule has 0 aliphatic rings. The summed E-state index contributed by atoms with van der Waals surface area (Å²) >= 11 is 6.05. The summed E-state index contributed by atoms with van der Waals surface area (Å²) in [4.78, 5) is 17.5. The number of hydrogen-bond donors (Lipinski definition) is 2. The fourth-order valence-electron chi connectivity index (χ4n) is 2.94. The zero-order valence-corrected chi connectivity index (χ0v) is 16.9. The maximum Gasteiger partial charge on any atom is 0.281 e. The SMILES string of the molecule is O=C(c1cccc(Cl)c1)n1nc(NCc2ccccc2)nc1NCc1ccccc1. The number of hydrogen-bond acceptors (Lipinski definition) is 5. The monoisotopic (exact) mass is 417 g/mol. The van der Waals surface area contributed by atoms with Crippen molar-refractivity contribution in [2.75, 3.05) is 10.6 Å². The van der Waals surface area contributed by atoms with Gasteiger partial charge in [0.2, 0.25) is 11.9 Å². The van der Waals surface area contributed by atoms with Crippen LogP contribution in [0.15, 0.2) is 84.9 Å². The molecule has 0 aliphatic heterocycles. The largest absolute Gasteiger partial charge is 0.350 e. The molecule has 0 atom stereocenters. The molecule has 6 nitrogen and oxygen atoms in total. The first-order chi connectivity index (χ1) is 14.7. The minimum absolute atomic E-state index is 0.312. The second-order valence-electron chi connectivity index (χ2n) is 6.66. The second kappa shape index (κ2) is 9.24. The molecule has 1 aromatic heterocycles. The summed E-state index contributed by atoms with van der Waals surface area (Å²) in [6, 6.07) is 26.6. The third-order valence-corrected chi connectivity index (χ3v) is 4.69. The van der Waals surface area contributed by atoms with Gasteiger partial charge in [-0.3, -0.25) is 4.79 Å². The van der Waals surface area contributed by atoms with E-state index in [1.165, 1.54) is 4.68 Å². The standard InChI is InChI=1S/C23H20ClN5O/c24-20-13-7-12-19(14-20)21(30)29-23(26-16-18-10-5-2-6-11-18)27-22(28-29)25-15-17-8-3-1-4-9-17/h1-14H,15-16H2,(H2,25,26,27,28). The lowest BCUT2D eigenvalue weighted by atomic mass is 10.2. The zero-order chi connectivity index (χ0) is 20.8. The molecule has 0 unspecified atom stereocenters. The normalized spacial score (nSPS) is 10.6. The highest BCUT2D eigenvalue weighted by Gasteiger charge is 2.18. The topological polar surface area (TPSA) is 71.8 Å². The molecule has 0 saturated heterocycles. The van der Waals surface area contributed by atoms with Gasteiger partial charge in [0.1, 0.15) is 0 Å². The van der Waals surface area contributed by atoms with Crippen LogP contribution in [0.25, 0.3) is 0 Å². The van der Waals surface area contributed by atoms with Crippen LogP contribution in [0.3, 0.4) is 0 Å². The summed E-state index contributed by atoms with van der Waals surface area (Å²) in [5, 5.41) is 11.3. The molecule has 0 saturated carbocycles. The van der Waals surface area contributed by atoms with Crippen LogP contribution in [0.2, 0.25) is 5.02 Å². The van der Waals surface area contributed by atoms with Gasteiger partial charge in [0.25, 0.3) is 5.91 Å². The van der Waals surface area contributed by atoms with E-state index < -0.39 is 0 Å². The third-order valence-electron chi connectivity index (χ3n) is 4.46. The molecule has 2 N–H and O–H groups in total. The molecular weight excluding hydrogens is 398 g/mol. The van der Waals surface area contributed by atoms with Gasteiger partial charge in [-0.15, -0.1) is 5.10 Å². The van der Waals surface area contributed by atoms with Crippen molar-refractivity contribution < 1.29 is 4.79 Å². The highest BCUT2D eigenvalue weighted by molar-refractivity contribution is 6.31. The van der Waals surface area contributed by atoms with Gasteiger partial charge in [-0.2, -0.15) is 9.67 Å². The molecule has 1 heterocycles. The average Bonchev–Trinajstić information content (AvgIpc) is 3.20. The number of anilines is 2. The maximum absolute atomic E-state index is 13.1. The first-order valence-electron chi connectivity index (χ1n) is 9.52. The molecule has 7 heteroatoms. The number of halogens is 1. The van der Waals surface area contributed by atoms with Gasteiger partial charge in [0.05, 0.1) is 0 Å². The highest BCUT2D eigenvalue weighted by Crippen LogP contribution is 2.17. The van der Waals surface area contributed by atoms with Gasteiger partial charge in [0, 0.05) is 23.7 Å². The Morgan fingerprint density at radius 3 is 2.10 bits per heavy atom. The van der Waals surface area contributed by atoms with Gasteiger partial charge < -0.3 is 10.6 Å². The van der Waals surface area contributed by atoms with Gasteiger partial charge >= 0.3 is 0 Å². The Kier molecular flexibility index (Phi) is 6.06. The summed E-state index contributed by atoms with van der Waals surface area (Å²) in [5.41, 5.74) is 2.60. The Balaban J connectivity index is 1.58. The van der Waals surface area contributed by atoms with Crippen molar-refractivity contribution in [2.45, 2.75) is 13.1 Å². The van der Waals surface area contributed by atoms with E-state index in [4.69, 9.17) is 11.6 Å². The van der Waals surface area contributed by atoms with E-state index in [9.17, 15) is 4.79 Å². The molecule has 0 fully saturated rings. The van der Waals surface area contributed by atoms with Crippen molar-refractivity contribution in [3.05, 3.63) is 107 Å². The number of rotatable bonds is 7. The van der Waals surface area contributed by atoms with Crippen LogP contribution in [0.4, 0.5) is 11.9 Å². The molecule has 30 heavy (non-hydrogen) atoms. The second-order valence-corrected chi connectivity index (χ2v) is 7.10. The lowest BCUT2D eigenvalue weighted by Crippen LogP contribution is -2.17. The van der Waals surface area contributed by atoms with Gasteiger partial charge in [-0.1, -0.05) is 78.3 Å². The summed E-state index contributed by atoms with van der Waals surface area (Å²) < 4.78 is 1.27. The maximum atomic E-state index is 13.1. The van der Waals surface area contributed by atoms with E-state index in [0.29, 0.717) is 35.6 Å². The number of benzene rings is 3. The minimum atomic E-state index is -0.312. The Labute approximate surface area is 179 Å². The number of nitrogens with one attached hydrogen (secondary N) is 2. The van der Waals surface area contributed by atoms with Crippen LogP contribution < -0.4 is 10.6 Å². The van der Waals surface area contributed by atoms with E-state index >= 15 is 0 Å². The van der Waals surface area contributed by atoms with Crippen molar-refractivity contribution in [1.82, 2.24) is 14.8 Å². The molecule has 0 radical (unpaired) electrons. The number of nitrogens with zero attached hydrogens (tertiary/aromatic N) is 3. The van der Waals surface area contributed by atoms with E-state index in [0.717, 1.165) is 11.1 Å². The van der Waals surface area contributed by atoms with Gasteiger partial charge in [0.15, 0.2) is 0 Å². The molecule has 0 spiro atoms. The number of carbonyl (C=O) groups is 1. The van der Waals surface area contributed by atoms with Crippen molar-refractivity contribution in [1.29, 1.82) is 0 Å². The molecule has 0 amide bonds. The predicted molar refractivity (Wildman–Crippen MR) is 119 cm³/mol. The van der Waals surface area contributed by atoms with Gasteiger partial charge in [-0.25, -0.2) is 0 Å². The van der Waals surface area contributed by atoms with Crippen molar-refractivity contribution in [2.24, 2.45) is 0 Å². The first kappa shape index (κ1) is 19.7. The molecule has 0 aliphatic carbocycles. The van der Waals surface area contributed by atoms with E-state index in [-0.39, 0.29) is 5.91 Å². The summed E-state index contributed by atoms with van der Waals surface area (Å²) in [6.45, 7) is 1.06. The Hall–Kier alpha value is -3.64. The van der Waals surface area contributed by atoms with Crippen LogP contribution in [0, 0.1) is 0 Å². The molecule has 0 bridgehead atoms. The molecule has 3 aromatic carbocycles. The summed E-state index contributed by atoms with van der Waals surface area (Å²) in [6.07, 6.45) is 0. The van der Waals surface area contributed by atoms with Crippen molar-refractivity contribution in [3.63, 3.8) is 0 Å². The van der Waals surface area contributed by atoms with Crippen molar-refractivity contribution >= 4 is 29.4 Å². The zero-order valence-electron chi connectivity index (χ0n) is 16.1. The number of carbonyl (C=O) groups excluding carboxylic acids is 1. The van der Waals surface area contributed by atoms with E-state index in [1.807, 2.05) is 60.7 Å². The molecule has 4 rings (SSSR count). The van der Waals surface area contributed by atoms with Gasteiger partial charge in [-0.05, 0) is 29.3 Å². The average molecular weight is 418 g/mol. The molecule has 4 aromatic rings. The van der Waals surface area contributed by atoms with Crippen LogP contribution in [-0.4, -0.2) is 20.7 Å². The highest BCUT2D eigenvalue weighted by atomic mass is 35.5. The lowest BCUT2D eigenvalue weighted by Gasteiger charge is -2.07. The quantitative estimate of drug-likeness (QED) is 0.450. The van der Waals surface area contributed by atoms with E-state index in [2.05, 4.69) is 20.7 Å². The van der Waals surface area contributed by atoms with Crippen LogP contribution >= 0.6 is 11.6 Å². The Bertz CT molecular complexity index is 1130. The summed E-state index contributed by atoms with van der Waals surface area (Å²) in [7, 11) is 0. The fourth-order valence-corrected chi connectivity index (χ4v) is 3.13. The first-order valence-corrected chi connectivity index (χ1v) is 9.90. The Morgan fingerprint density at radius 2 is 1.47 bits per heavy atom. The van der Waals surface area contributed by atoms with Crippen LogP contribution in [-0.2, 0) is 13.1 Å². The lowest BCUT2D eigenvalue weighted by molar-refractivity contribution is 0.0947. The van der Waals surface area contributed by atoms with Crippen molar-refractivity contribution in [3.8, 4) is 0 Å². The van der Waals surface area contributed by atoms with E-state index in [1.54, 1.807) is 24.3 Å². The molecular formula is C23H20ClN5O. The fraction of sp³-hybridized carbons (Fsp3) is 0.0870. The smallest absolute Gasteiger partial charge is 0.281 e. The molecule has 150 valence electrons. The number of aromatic nitrogens is 3. The third kappa shape index (κ3) is 4.85. The summed E-state index contributed by atoms with van der Waals surface area (Å²) in [5.74, 6) is 0.414. The van der Waals surface area contributed by atoms with Crippen LogP contribution in [0.5, 0.6) is 0 Å². The predicted octanol–water partition coefficient (Wildman–Crippen LogP) is 4.84. The van der Waals surface area contributed by atoms with Crippen LogP contribution in [0.1, 0.15) is 21.5 Å². The Morgan fingerprint density at radius 1 is 0.833 bits per heavy atom. The minimum Gasteiger partial charge on any atom is -0.350 e.